The Hall–Kier alpha value is -6.10. The maximum Gasteiger partial charge on any atom is 0.160 e. The standard InChI is InChI=1S/C48H33N3S/c1-30-29-43(34-13-4-3-5-14-34)51-47(50-30)38-17-11-21-41-45(38)37-15-6-7-19-39(37)48(41)40-20-8-9-23-44(40)52-46-36(16-10-22-42(46)48)33-26-24-32(25-27-33)35-18-12-28-49-31(35)2/h3-29H,1-2H3. The zero-order chi connectivity index (χ0) is 34.8. The van der Waals surface area contributed by atoms with Crippen molar-refractivity contribution < 1.29 is 0 Å². The number of hydrogen-bond donors (Lipinski definition) is 0. The smallest absolute Gasteiger partial charge is 0.160 e. The monoisotopic (exact) mass is 683 g/mol. The molecule has 6 aromatic carbocycles. The molecule has 0 saturated carbocycles. The molecule has 52 heavy (non-hydrogen) atoms. The van der Waals surface area contributed by atoms with Crippen LogP contribution in [-0.2, 0) is 5.41 Å². The van der Waals surface area contributed by atoms with Crippen molar-refractivity contribution in [2.45, 2.75) is 29.1 Å². The zero-order valence-electron chi connectivity index (χ0n) is 28.8. The molecule has 2 aromatic heterocycles. The first-order valence-electron chi connectivity index (χ1n) is 17.7. The summed E-state index contributed by atoms with van der Waals surface area (Å²) in [7, 11) is 0. The van der Waals surface area contributed by atoms with Crippen LogP contribution < -0.4 is 0 Å². The summed E-state index contributed by atoms with van der Waals surface area (Å²) in [5, 5.41) is 0. The van der Waals surface area contributed by atoms with Gasteiger partial charge in [0.05, 0.1) is 11.1 Å². The van der Waals surface area contributed by atoms with Gasteiger partial charge in [-0.15, -0.1) is 0 Å². The predicted octanol–water partition coefficient (Wildman–Crippen LogP) is 12.0. The zero-order valence-corrected chi connectivity index (χ0v) is 29.7. The number of fused-ring (bicyclic) bond motifs is 9. The fourth-order valence-electron chi connectivity index (χ4n) is 8.45. The van der Waals surface area contributed by atoms with E-state index in [9.17, 15) is 0 Å². The average molecular weight is 684 g/mol. The highest BCUT2D eigenvalue weighted by atomic mass is 32.2. The lowest BCUT2D eigenvalue weighted by Gasteiger charge is -2.40. The Morgan fingerprint density at radius 2 is 1.12 bits per heavy atom. The van der Waals surface area contributed by atoms with Crippen LogP contribution in [0.3, 0.4) is 0 Å². The van der Waals surface area contributed by atoms with Gasteiger partial charge in [-0.1, -0.05) is 151 Å². The van der Waals surface area contributed by atoms with Crippen LogP contribution in [0.1, 0.15) is 33.6 Å². The van der Waals surface area contributed by atoms with E-state index in [1.165, 1.54) is 59.9 Å². The van der Waals surface area contributed by atoms with E-state index in [4.69, 9.17) is 9.97 Å². The Morgan fingerprint density at radius 1 is 0.481 bits per heavy atom. The maximum absolute atomic E-state index is 5.22. The van der Waals surface area contributed by atoms with E-state index in [1.54, 1.807) is 0 Å². The molecule has 0 bridgehead atoms. The molecule has 0 fully saturated rings. The van der Waals surface area contributed by atoms with Crippen molar-refractivity contribution in [2.24, 2.45) is 0 Å². The van der Waals surface area contributed by atoms with E-state index in [1.807, 2.05) is 30.1 Å². The first kappa shape index (κ1) is 30.7. The number of hydrogen-bond acceptors (Lipinski definition) is 4. The van der Waals surface area contributed by atoms with Crippen LogP contribution in [0.5, 0.6) is 0 Å². The van der Waals surface area contributed by atoms with Gasteiger partial charge in [-0.3, -0.25) is 4.98 Å². The highest BCUT2D eigenvalue weighted by Gasteiger charge is 2.51. The molecule has 0 radical (unpaired) electrons. The minimum atomic E-state index is -0.520. The molecule has 0 saturated heterocycles. The molecule has 1 atom stereocenters. The molecule has 3 nitrogen and oxygen atoms in total. The largest absolute Gasteiger partial charge is 0.261 e. The molecule has 246 valence electrons. The number of benzene rings is 6. The second-order valence-electron chi connectivity index (χ2n) is 13.6. The third-order valence-electron chi connectivity index (χ3n) is 10.7. The molecule has 1 aliphatic carbocycles. The summed E-state index contributed by atoms with van der Waals surface area (Å²) in [6.45, 7) is 4.13. The molecule has 1 unspecified atom stereocenters. The fourth-order valence-corrected chi connectivity index (χ4v) is 9.77. The van der Waals surface area contributed by atoms with Crippen molar-refractivity contribution in [3.63, 3.8) is 0 Å². The summed E-state index contributed by atoms with van der Waals surface area (Å²) in [5.74, 6) is 0.749. The highest BCUT2D eigenvalue weighted by Crippen LogP contribution is 2.64. The van der Waals surface area contributed by atoms with E-state index in [-0.39, 0.29) is 0 Å². The number of aryl methyl sites for hydroxylation is 2. The van der Waals surface area contributed by atoms with E-state index >= 15 is 0 Å². The average Bonchev–Trinajstić information content (AvgIpc) is 3.49. The van der Waals surface area contributed by atoms with Crippen molar-refractivity contribution in [3.8, 4) is 56.0 Å². The molecule has 1 aliphatic heterocycles. The van der Waals surface area contributed by atoms with Crippen molar-refractivity contribution >= 4 is 11.8 Å². The van der Waals surface area contributed by atoms with Gasteiger partial charge in [-0.05, 0) is 82.1 Å². The lowest BCUT2D eigenvalue weighted by atomic mass is 9.67. The van der Waals surface area contributed by atoms with Gasteiger partial charge in [0.2, 0.25) is 0 Å². The lowest BCUT2D eigenvalue weighted by Crippen LogP contribution is -2.32. The van der Waals surface area contributed by atoms with Gasteiger partial charge in [0.15, 0.2) is 5.82 Å². The summed E-state index contributed by atoms with van der Waals surface area (Å²) < 4.78 is 0. The predicted molar refractivity (Wildman–Crippen MR) is 212 cm³/mol. The van der Waals surface area contributed by atoms with Crippen molar-refractivity contribution in [2.75, 3.05) is 0 Å². The van der Waals surface area contributed by atoms with Gasteiger partial charge in [0, 0.05) is 44.1 Å². The lowest BCUT2D eigenvalue weighted by molar-refractivity contribution is 0.723. The molecular formula is C48H33N3S. The molecule has 2 aliphatic rings. The van der Waals surface area contributed by atoms with E-state index in [0.717, 1.165) is 39.6 Å². The quantitative estimate of drug-likeness (QED) is 0.185. The van der Waals surface area contributed by atoms with Gasteiger partial charge in [0.25, 0.3) is 0 Å². The van der Waals surface area contributed by atoms with Crippen LogP contribution in [0.4, 0.5) is 0 Å². The molecule has 8 aromatic rings. The Balaban J connectivity index is 1.22. The van der Waals surface area contributed by atoms with Crippen LogP contribution in [0.15, 0.2) is 174 Å². The topological polar surface area (TPSA) is 38.7 Å². The van der Waals surface area contributed by atoms with Gasteiger partial charge >= 0.3 is 0 Å². The number of nitrogens with zero attached hydrogens (tertiary/aromatic N) is 3. The van der Waals surface area contributed by atoms with Gasteiger partial charge in [0.1, 0.15) is 0 Å². The van der Waals surface area contributed by atoms with Crippen molar-refractivity contribution in [3.05, 3.63) is 198 Å². The second kappa shape index (κ2) is 12.0. The first-order valence-corrected chi connectivity index (χ1v) is 18.5. The molecule has 4 heteroatoms. The van der Waals surface area contributed by atoms with Gasteiger partial charge in [-0.2, -0.15) is 0 Å². The van der Waals surface area contributed by atoms with Gasteiger partial charge in [-0.25, -0.2) is 9.97 Å². The number of rotatable bonds is 4. The van der Waals surface area contributed by atoms with Crippen LogP contribution in [0, 0.1) is 13.8 Å². The molecule has 10 rings (SSSR count). The molecular weight excluding hydrogens is 651 g/mol. The molecule has 0 amide bonds. The van der Waals surface area contributed by atoms with Crippen molar-refractivity contribution in [1.29, 1.82) is 0 Å². The summed E-state index contributed by atoms with van der Waals surface area (Å²) in [6.07, 6.45) is 1.85. The van der Waals surface area contributed by atoms with Crippen LogP contribution in [0.2, 0.25) is 0 Å². The second-order valence-corrected chi connectivity index (χ2v) is 14.7. The van der Waals surface area contributed by atoms with Crippen molar-refractivity contribution in [1.82, 2.24) is 15.0 Å². The minimum absolute atomic E-state index is 0.520. The van der Waals surface area contributed by atoms with E-state index in [0.29, 0.717) is 0 Å². The number of aromatic nitrogens is 3. The maximum atomic E-state index is 5.22. The van der Waals surface area contributed by atoms with Gasteiger partial charge < -0.3 is 0 Å². The van der Waals surface area contributed by atoms with Crippen LogP contribution in [0.25, 0.3) is 56.0 Å². The summed E-state index contributed by atoms with van der Waals surface area (Å²) in [4.78, 5) is 17.4. The molecule has 1 spiro atoms. The highest BCUT2D eigenvalue weighted by molar-refractivity contribution is 7.99. The third-order valence-corrected chi connectivity index (χ3v) is 11.9. The minimum Gasteiger partial charge on any atom is -0.261 e. The normalized spacial score (nSPS) is 15.1. The summed E-state index contributed by atoms with van der Waals surface area (Å²) in [6, 6.07) is 57.2. The first-order chi connectivity index (χ1) is 25.6. The third kappa shape index (κ3) is 4.57. The fraction of sp³-hybridized carbons (Fsp3) is 0.0625. The molecule has 3 heterocycles. The van der Waals surface area contributed by atoms with E-state index < -0.39 is 5.41 Å². The number of pyridine rings is 1. The Bertz CT molecular complexity index is 2680. The van der Waals surface area contributed by atoms with Crippen LogP contribution in [-0.4, -0.2) is 15.0 Å². The van der Waals surface area contributed by atoms with E-state index in [2.05, 4.69) is 164 Å². The SMILES string of the molecule is Cc1cc(-c2ccccc2)nc(-c2cccc3c2-c2ccccc2C32c3ccccc3Sc3c(-c4ccc(-c5cccnc5C)cc4)cccc32)n1. The Morgan fingerprint density at radius 3 is 1.92 bits per heavy atom. The van der Waals surface area contributed by atoms with Crippen LogP contribution >= 0.6 is 11.8 Å². The Kier molecular flexibility index (Phi) is 7.09. The Labute approximate surface area is 308 Å². The summed E-state index contributed by atoms with van der Waals surface area (Å²) in [5.41, 5.74) is 16.9. The molecule has 0 N–H and O–H groups in total. The summed E-state index contributed by atoms with van der Waals surface area (Å²) >= 11 is 1.88.